The summed E-state index contributed by atoms with van der Waals surface area (Å²) in [6.45, 7) is 0.589. The molecule has 2 N–H and O–H groups in total. The molecule has 11 heteroatoms. The van der Waals surface area contributed by atoms with Crippen LogP contribution in [0.2, 0.25) is 0 Å². The van der Waals surface area contributed by atoms with Gasteiger partial charge >= 0.3 is 0 Å². The number of benzene rings is 2. The van der Waals surface area contributed by atoms with Crippen molar-refractivity contribution in [2.75, 3.05) is 30.9 Å². The fraction of sp³-hybridized carbons (Fsp3) is 0.333. The first-order valence-corrected chi connectivity index (χ1v) is 11.6. The van der Waals surface area contributed by atoms with E-state index in [2.05, 4.69) is 15.0 Å². The summed E-state index contributed by atoms with van der Waals surface area (Å²) in [6.07, 6.45) is 3.37. The number of nitrogens with zero attached hydrogens (tertiary/aromatic N) is 3. The number of rotatable bonds is 6. The van der Waals surface area contributed by atoms with E-state index in [4.69, 9.17) is 0 Å². The number of carbonyl (C=O) groups excluding carboxylic acids is 1. The molecule has 0 spiro atoms. The van der Waals surface area contributed by atoms with Gasteiger partial charge in [0.15, 0.2) is 0 Å². The predicted octanol–water partition coefficient (Wildman–Crippen LogP) is 3.16. The van der Waals surface area contributed by atoms with E-state index in [1.54, 1.807) is 25.1 Å². The van der Waals surface area contributed by atoms with Gasteiger partial charge in [-0.15, -0.1) is 0 Å². The number of amidine groups is 1. The Morgan fingerprint density at radius 2 is 1.91 bits per heavy atom. The summed E-state index contributed by atoms with van der Waals surface area (Å²) in [5.74, 6) is -0.155. The standard InChI is InChI=1S/C21H25N5O5S/c1-25(2)19-11-10-16(26(28)29)14-18(19)21(27)23-15-7-6-8-17(13-15)32(30,31)24-20-9-4-3-5-12-22-20/h6-8,10-11,13-14H,3-5,9,12H2,1-2H3,(H,22,24)(H,23,27). The van der Waals surface area contributed by atoms with Gasteiger partial charge in [0, 0.05) is 50.6 Å². The highest BCUT2D eigenvalue weighted by Crippen LogP contribution is 2.26. The molecule has 0 aromatic heterocycles. The van der Waals surface area contributed by atoms with Crippen LogP contribution in [-0.4, -0.2) is 45.7 Å². The lowest BCUT2D eigenvalue weighted by Crippen LogP contribution is -2.30. The summed E-state index contributed by atoms with van der Waals surface area (Å²) in [4.78, 5) is 29.4. The molecule has 0 saturated heterocycles. The molecule has 0 radical (unpaired) electrons. The number of non-ortho nitro benzene ring substituents is 1. The van der Waals surface area contributed by atoms with Gasteiger partial charge in [0.05, 0.1) is 15.4 Å². The van der Waals surface area contributed by atoms with Crippen molar-refractivity contribution < 1.29 is 18.1 Å². The minimum absolute atomic E-state index is 0.0193. The largest absolute Gasteiger partial charge is 0.377 e. The maximum absolute atomic E-state index is 12.9. The Labute approximate surface area is 186 Å². The van der Waals surface area contributed by atoms with E-state index in [9.17, 15) is 23.3 Å². The molecular formula is C21H25N5O5S. The van der Waals surface area contributed by atoms with Crippen LogP contribution < -0.4 is 14.9 Å². The molecule has 32 heavy (non-hydrogen) atoms. The molecular weight excluding hydrogens is 434 g/mol. The highest BCUT2D eigenvalue weighted by Gasteiger charge is 2.20. The van der Waals surface area contributed by atoms with E-state index >= 15 is 0 Å². The van der Waals surface area contributed by atoms with Crippen molar-refractivity contribution >= 4 is 38.8 Å². The number of aliphatic imine (C=N–C) groups is 1. The molecule has 0 unspecified atom stereocenters. The number of nitro groups is 1. The summed E-state index contributed by atoms with van der Waals surface area (Å²) in [5.41, 5.74) is 0.621. The number of hydrogen-bond donors (Lipinski definition) is 2. The van der Waals surface area contributed by atoms with Crippen molar-refractivity contribution in [2.45, 2.75) is 30.6 Å². The third-order valence-corrected chi connectivity index (χ3v) is 6.33. The fourth-order valence-electron chi connectivity index (χ4n) is 3.32. The van der Waals surface area contributed by atoms with Crippen LogP contribution in [0.5, 0.6) is 0 Å². The third kappa shape index (κ3) is 5.61. The van der Waals surface area contributed by atoms with Crippen LogP contribution in [0.1, 0.15) is 36.0 Å². The molecule has 1 amide bonds. The Morgan fingerprint density at radius 1 is 1.12 bits per heavy atom. The first-order chi connectivity index (χ1) is 15.2. The van der Waals surface area contributed by atoms with Crippen molar-refractivity contribution in [2.24, 2.45) is 4.99 Å². The van der Waals surface area contributed by atoms with Gasteiger partial charge in [-0.2, -0.15) is 0 Å². The van der Waals surface area contributed by atoms with E-state index in [-0.39, 0.29) is 21.8 Å². The summed E-state index contributed by atoms with van der Waals surface area (Å²) in [7, 11) is -0.438. The highest BCUT2D eigenvalue weighted by molar-refractivity contribution is 7.90. The molecule has 3 rings (SSSR count). The smallest absolute Gasteiger partial charge is 0.270 e. The summed E-state index contributed by atoms with van der Waals surface area (Å²) in [5, 5.41) is 13.8. The molecule has 2 aromatic carbocycles. The van der Waals surface area contributed by atoms with Gasteiger partial charge in [-0.1, -0.05) is 12.5 Å². The van der Waals surface area contributed by atoms with Crippen LogP contribution >= 0.6 is 0 Å². The van der Waals surface area contributed by atoms with E-state index < -0.39 is 20.9 Å². The number of hydrogen-bond acceptors (Lipinski definition) is 7. The Bertz CT molecular complexity index is 1160. The fourth-order valence-corrected chi connectivity index (χ4v) is 4.45. The summed E-state index contributed by atoms with van der Waals surface area (Å²) >= 11 is 0. The average Bonchev–Trinajstić information content (AvgIpc) is 3.01. The molecule has 2 aromatic rings. The minimum atomic E-state index is -3.87. The van der Waals surface area contributed by atoms with Gasteiger partial charge in [0.2, 0.25) is 0 Å². The SMILES string of the molecule is CN(C)c1ccc([N+](=O)[O-])cc1C(=O)Nc1cccc(S(=O)(=O)NC2=NCCCCC2)c1. The van der Waals surface area contributed by atoms with Crippen LogP contribution in [0.3, 0.4) is 0 Å². The molecule has 1 aliphatic heterocycles. The quantitative estimate of drug-likeness (QED) is 0.503. The second-order valence-corrected chi connectivity index (χ2v) is 9.26. The topological polar surface area (TPSA) is 134 Å². The molecule has 0 saturated carbocycles. The van der Waals surface area contributed by atoms with Crippen molar-refractivity contribution in [3.8, 4) is 0 Å². The zero-order valence-corrected chi connectivity index (χ0v) is 18.7. The number of nitro benzene ring substituents is 1. The van der Waals surface area contributed by atoms with Crippen LogP contribution in [0.25, 0.3) is 0 Å². The van der Waals surface area contributed by atoms with Crippen molar-refractivity contribution in [3.05, 3.63) is 58.1 Å². The number of anilines is 2. The Morgan fingerprint density at radius 3 is 2.62 bits per heavy atom. The van der Waals surface area contributed by atoms with Crippen LogP contribution in [0.4, 0.5) is 17.1 Å². The van der Waals surface area contributed by atoms with E-state index in [1.165, 1.54) is 36.4 Å². The van der Waals surface area contributed by atoms with Crippen molar-refractivity contribution in [3.63, 3.8) is 0 Å². The Kier molecular flexibility index (Phi) is 7.08. The summed E-state index contributed by atoms with van der Waals surface area (Å²) in [6, 6.07) is 9.83. The molecule has 1 heterocycles. The van der Waals surface area contributed by atoms with Gasteiger partial charge in [0.1, 0.15) is 5.84 Å². The van der Waals surface area contributed by atoms with E-state index in [0.717, 1.165) is 19.3 Å². The second-order valence-electron chi connectivity index (χ2n) is 7.58. The zero-order chi connectivity index (χ0) is 23.3. The van der Waals surface area contributed by atoms with Crippen LogP contribution in [-0.2, 0) is 10.0 Å². The van der Waals surface area contributed by atoms with Crippen molar-refractivity contribution in [1.82, 2.24) is 4.72 Å². The summed E-state index contributed by atoms with van der Waals surface area (Å²) < 4.78 is 28.1. The zero-order valence-electron chi connectivity index (χ0n) is 17.9. The van der Waals surface area contributed by atoms with Gasteiger partial charge in [0.25, 0.3) is 21.6 Å². The average molecular weight is 460 g/mol. The lowest BCUT2D eigenvalue weighted by Gasteiger charge is -2.17. The number of sulfonamides is 1. The normalized spacial score (nSPS) is 14.1. The minimum Gasteiger partial charge on any atom is -0.377 e. The molecule has 0 atom stereocenters. The number of amides is 1. The van der Waals surface area contributed by atoms with E-state index in [1.807, 2.05) is 0 Å². The Hall–Kier alpha value is -3.47. The number of nitrogens with one attached hydrogen (secondary N) is 2. The van der Waals surface area contributed by atoms with Crippen LogP contribution in [0, 0.1) is 10.1 Å². The Balaban J connectivity index is 1.84. The predicted molar refractivity (Wildman–Crippen MR) is 123 cm³/mol. The maximum atomic E-state index is 12.9. The monoisotopic (exact) mass is 459 g/mol. The maximum Gasteiger partial charge on any atom is 0.270 e. The lowest BCUT2D eigenvalue weighted by atomic mass is 10.1. The molecule has 0 bridgehead atoms. The van der Waals surface area contributed by atoms with Gasteiger partial charge < -0.3 is 10.2 Å². The second kappa shape index (κ2) is 9.77. The molecule has 1 aliphatic rings. The van der Waals surface area contributed by atoms with Crippen LogP contribution in [0.15, 0.2) is 52.4 Å². The lowest BCUT2D eigenvalue weighted by molar-refractivity contribution is -0.384. The number of carbonyl (C=O) groups is 1. The van der Waals surface area contributed by atoms with E-state index in [0.29, 0.717) is 24.5 Å². The first-order valence-electron chi connectivity index (χ1n) is 10.1. The molecule has 0 fully saturated rings. The van der Waals surface area contributed by atoms with Gasteiger partial charge in [-0.3, -0.25) is 24.6 Å². The van der Waals surface area contributed by atoms with Crippen molar-refractivity contribution in [1.29, 1.82) is 0 Å². The third-order valence-electron chi connectivity index (χ3n) is 4.95. The molecule has 170 valence electrons. The first kappa shape index (κ1) is 23.2. The van der Waals surface area contributed by atoms with Gasteiger partial charge in [-0.25, -0.2) is 8.42 Å². The molecule has 0 aliphatic carbocycles. The highest BCUT2D eigenvalue weighted by atomic mass is 32.2. The van der Waals surface area contributed by atoms with Gasteiger partial charge in [-0.05, 0) is 37.1 Å². The molecule has 10 nitrogen and oxygen atoms in total.